The van der Waals surface area contributed by atoms with Crippen molar-refractivity contribution in [2.45, 2.75) is 0 Å². The smallest absolute Gasteiger partial charge is 0.0311 e. The predicted octanol–water partition coefficient (Wildman–Crippen LogP) is -2.34. The van der Waals surface area contributed by atoms with Crippen LogP contribution in [0, 0.1) is 0 Å². The van der Waals surface area contributed by atoms with Crippen molar-refractivity contribution in [1.29, 1.82) is 0 Å². The quantitative estimate of drug-likeness (QED) is 0.228. The molecule has 9 heteroatoms. The van der Waals surface area contributed by atoms with Crippen molar-refractivity contribution in [1.82, 2.24) is 0 Å². The Kier molecular flexibility index (Phi) is 6.22. The molecule has 0 fully saturated rings. The first kappa shape index (κ1) is 11.7. The Balaban J connectivity index is 0. The van der Waals surface area contributed by atoms with Crippen LogP contribution in [-0.4, -0.2) is 30.8 Å². The van der Waals surface area contributed by atoms with E-state index in [-0.39, 0.29) is 0 Å². The fourth-order valence-corrected chi connectivity index (χ4v) is 0. The van der Waals surface area contributed by atoms with Crippen molar-refractivity contribution in [2.24, 2.45) is 0 Å². The minimum absolute atomic E-state index is 3.11. The maximum absolute atomic E-state index is 8.52. The summed E-state index contributed by atoms with van der Waals surface area (Å²) in [7, 11) is -5.17. The van der Waals surface area contributed by atoms with Gasteiger partial charge < -0.3 is 18.2 Å². The Morgan fingerprint density at radius 2 is 1.11 bits per heavy atom. The number of hydrogen-bond donors (Lipinski definition) is 0. The van der Waals surface area contributed by atoms with E-state index in [0.717, 1.165) is 0 Å². The van der Waals surface area contributed by atoms with Crippen LogP contribution in [0.3, 0.4) is 0 Å². The lowest BCUT2D eigenvalue weighted by atomic mass is 15.8. The maximum atomic E-state index is 8.52. The highest BCUT2D eigenvalue weighted by Crippen LogP contribution is 1.57. The van der Waals surface area contributed by atoms with E-state index < -0.39 is 21.8 Å². The second kappa shape index (κ2) is 4.78. The second-order valence-corrected chi connectivity index (χ2v) is 1.84. The molecule has 0 spiro atoms. The molecule has 0 amide bonds. The summed E-state index contributed by atoms with van der Waals surface area (Å²) in [6.45, 7) is 0. The van der Waals surface area contributed by atoms with Gasteiger partial charge in [-0.3, -0.25) is 12.6 Å². The molecule has 0 aliphatic rings. The van der Waals surface area contributed by atoms with Crippen LogP contribution in [0.5, 0.6) is 0 Å². The Morgan fingerprint density at radius 1 is 1.11 bits per heavy atom. The minimum atomic E-state index is -5.17. The first-order valence-electron chi connectivity index (χ1n) is 1.17. The highest BCUT2D eigenvalue weighted by molar-refractivity contribution is 7.79. The largest absolute Gasteiger partial charge is 0.784 e. The molecule has 0 aromatic carbocycles. The van der Waals surface area contributed by atoms with Gasteiger partial charge in [-0.1, -0.05) is 0 Å². The van der Waals surface area contributed by atoms with Crippen LogP contribution in [0.2, 0.25) is 0 Å². The molecule has 0 bridgehead atoms. The molecule has 0 rings (SSSR count). The molecular formula is O7S2-4. The molecule has 0 saturated carbocycles. The number of hydrogen-bond acceptors (Lipinski definition) is 7. The molecule has 9 heavy (non-hydrogen) atoms. The van der Waals surface area contributed by atoms with Crippen molar-refractivity contribution in [3.05, 3.63) is 0 Å². The van der Waals surface area contributed by atoms with Gasteiger partial charge in [-0.2, -0.15) is 0 Å². The summed E-state index contributed by atoms with van der Waals surface area (Å²) in [5.74, 6) is 0. The normalized spacial score (nSPS) is 10.3. The third-order valence-electron chi connectivity index (χ3n) is 0. The third-order valence-corrected chi connectivity index (χ3v) is 0. The van der Waals surface area contributed by atoms with Gasteiger partial charge in [0.1, 0.15) is 0 Å². The zero-order valence-corrected chi connectivity index (χ0v) is 5.31. The lowest BCUT2D eigenvalue weighted by molar-refractivity contribution is 0.352. The summed E-state index contributed by atoms with van der Waals surface area (Å²) >= 11 is -3.11. The molecule has 0 radical (unpaired) electrons. The van der Waals surface area contributed by atoms with E-state index in [2.05, 4.69) is 0 Å². The fourth-order valence-electron chi connectivity index (χ4n) is 0. The summed E-state index contributed by atoms with van der Waals surface area (Å²) in [5, 5.41) is 0. The zero-order chi connectivity index (χ0) is 8.08. The van der Waals surface area contributed by atoms with Gasteiger partial charge in [0.25, 0.3) is 0 Å². The topological polar surface area (TPSA) is 143 Å². The molecule has 0 aromatic heterocycles. The van der Waals surface area contributed by atoms with Crippen LogP contribution >= 0.6 is 0 Å². The van der Waals surface area contributed by atoms with Crippen molar-refractivity contribution in [3.63, 3.8) is 0 Å². The second-order valence-electron chi connectivity index (χ2n) is 0.612. The van der Waals surface area contributed by atoms with E-state index in [4.69, 9.17) is 30.8 Å². The highest BCUT2D eigenvalue weighted by Gasteiger charge is 1.49. The summed E-state index contributed by atoms with van der Waals surface area (Å²) in [6, 6.07) is 0. The van der Waals surface area contributed by atoms with Crippen molar-refractivity contribution in [2.75, 3.05) is 0 Å². The van der Waals surface area contributed by atoms with E-state index in [9.17, 15) is 0 Å². The SMILES string of the molecule is O=S(=O)([O-])[O-].O=S([O-])[O-]. The molecule has 0 aliphatic heterocycles. The highest BCUT2D eigenvalue weighted by atomic mass is 32.3. The lowest BCUT2D eigenvalue weighted by Gasteiger charge is -2.06. The van der Waals surface area contributed by atoms with Gasteiger partial charge in [0, 0.05) is 10.4 Å². The summed E-state index contributed by atoms with van der Waals surface area (Å²) < 4.78 is 59.4. The van der Waals surface area contributed by atoms with Crippen LogP contribution in [0.1, 0.15) is 0 Å². The van der Waals surface area contributed by atoms with Crippen LogP contribution in [-0.2, 0) is 21.8 Å². The summed E-state index contributed by atoms with van der Waals surface area (Å²) in [4.78, 5) is 0. The van der Waals surface area contributed by atoms with Crippen molar-refractivity contribution < 1.29 is 30.8 Å². The molecular weight excluding hydrogens is 176 g/mol. The van der Waals surface area contributed by atoms with Gasteiger partial charge in [-0.05, 0) is 0 Å². The van der Waals surface area contributed by atoms with Crippen molar-refractivity contribution >= 4 is 21.8 Å². The Morgan fingerprint density at radius 3 is 1.11 bits per heavy atom. The molecule has 7 nitrogen and oxygen atoms in total. The van der Waals surface area contributed by atoms with Gasteiger partial charge in [0.15, 0.2) is 0 Å². The van der Waals surface area contributed by atoms with E-state index in [1.54, 1.807) is 0 Å². The van der Waals surface area contributed by atoms with Gasteiger partial charge in [-0.25, -0.2) is 0 Å². The number of rotatable bonds is 0. The Labute approximate surface area is 53.4 Å². The first-order valence-corrected chi connectivity index (χ1v) is 3.50. The average Bonchev–Trinajstić information content (AvgIpc) is 1.19. The molecule has 0 atom stereocenters. The van der Waals surface area contributed by atoms with Crippen LogP contribution in [0.4, 0.5) is 0 Å². The molecule has 58 valence electrons. The van der Waals surface area contributed by atoms with Crippen LogP contribution in [0.25, 0.3) is 0 Å². The minimum Gasteiger partial charge on any atom is -0.784 e. The van der Waals surface area contributed by atoms with E-state index in [1.165, 1.54) is 0 Å². The van der Waals surface area contributed by atoms with E-state index in [0.29, 0.717) is 0 Å². The monoisotopic (exact) mass is 176 g/mol. The molecule has 0 heterocycles. The van der Waals surface area contributed by atoms with Gasteiger partial charge >= 0.3 is 0 Å². The van der Waals surface area contributed by atoms with Gasteiger partial charge in [-0.15, -0.1) is 11.4 Å². The fraction of sp³-hybridized carbons (Fsp3) is 0. The van der Waals surface area contributed by atoms with E-state index in [1.807, 2.05) is 0 Å². The molecule has 0 aromatic rings. The molecule has 0 N–H and O–H groups in total. The Bertz CT molecular complexity index is 149. The van der Waals surface area contributed by atoms with Crippen molar-refractivity contribution in [3.8, 4) is 0 Å². The zero-order valence-electron chi connectivity index (χ0n) is 3.67. The Hall–Kier alpha value is -0.0600. The average molecular weight is 176 g/mol. The van der Waals surface area contributed by atoms with Crippen LogP contribution in [0.15, 0.2) is 0 Å². The summed E-state index contributed by atoms with van der Waals surface area (Å²) in [6.07, 6.45) is 0. The molecule has 0 saturated heterocycles. The van der Waals surface area contributed by atoms with Gasteiger partial charge in [0.2, 0.25) is 0 Å². The lowest BCUT2D eigenvalue weighted by Crippen LogP contribution is -1.91. The first-order chi connectivity index (χ1) is 3.73. The molecule has 0 unspecified atom stereocenters. The predicted molar refractivity (Wildman–Crippen MR) is 20.2 cm³/mol. The maximum Gasteiger partial charge on any atom is 0.0311 e. The summed E-state index contributed by atoms with van der Waals surface area (Å²) in [5.41, 5.74) is 0. The van der Waals surface area contributed by atoms with E-state index >= 15 is 0 Å². The standard InChI is InChI=1S/H2O4S.H2O3S/c1-5(2,3)4;1-4(2)3/h(H2,1,2,3,4);(H2,1,2,3)/p-4. The van der Waals surface area contributed by atoms with Gasteiger partial charge in [0.05, 0.1) is 0 Å². The van der Waals surface area contributed by atoms with Crippen LogP contribution < -0.4 is 0 Å². The molecule has 0 aliphatic carbocycles. The third kappa shape index (κ3) is 77800.